The van der Waals surface area contributed by atoms with Crippen molar-refractivity contribution < 1.29 is 0 Å². The van der Waals surface area contributed by atoms with E-state index in [1.54, 1.807) is 17.5 Å². The van der Waals surface area contributed by atoms with E-state index >= 15 is 0 Å². The lowest BCUT2D eigenvalue weighted by molar-refractivity contribution is 0.494. The van der Waals surface area contributed by atoms with Crippen molar-refractivity contribution in [3.63, 3.8) is 0 Å². The molecule has 2 aromatic rings. The molecule has 1 atom stereocenters. The molecule has 0 aliphatic heterocycles. The standard InChI is InChI=1S/C13H17N3S/c14-16-12(9-13-4-2-8-17-13)6-5-11-3-1-7-15-10-11/h1-4,7-8,10,12,16H,5-6,9,14H2. The molecule has 0 saturated heterocycles. The van der Waals surface area contributed by atoms with Gasteiger partial charge in [-0.2, -0.15) is 0 Å². The Morgan fingerprint density at radius 2 is 2.29 bits per heavy atom. The number of thiophene rings is 1. The first-order chi connectivity index (χ1) is 8.38. The van der Waals surface area contributed by atoms with Gasteiger partial charge in [0.1, 0.15) is 0 Å². The van der Waals surface area contributed by atoms with Gasteiger partial charge in [-0.1, -0.05) is 12.1 Å². The summed E-state index contributed by atoms with van der Waals surface area (Å²) in [6.45, 7) is 0. The number of aromatic nitrogens is 1. The van der Waals surface area contributed by atoms with Gasteiger partial charge in [-0.25, -0.2) is 0 Å². The number of hydrogen-bond donors (Lipinski definition) is 2. The molecular weight excluding hydrogens is 230 g/mol. The van der Waals surface area contributed by atoms with Crippen molar-refractivity contribution >= 4 is 11.3 Å². The maximum absolute atomic E-state index is 5.59. The van der Waals surface area contributed by atoms with Gasteiger partial charge in [-0.3, -0.25) is 16.3 Å². The number of pyridine rings is 1. The Morgan fingerprint density at radius 3 is 2.94 bits per heavy atom. The number of rotatable bonds is 6. The molecular formula is C13H17N3S. The van der Waals surface area contributed by atoms with Crippen LogP contribution in [0.2, 0.25) is 0 Å². The van der Waals surface area contributed by atoms with Gasteiger partial charge in [0.25, 0.3) is 0 Å². The van der Waals surface area contributed by atoms with Crippen molar-refractivity contribution in [1.82, 2.24) is 10.4 Å². The summed E-state index contributed by atoms with van der Waals surface area (Å²) in [7, 11) is 0. The third-order valence-electron chi connectivity index (χ3n) is 2.77. The predicted octanol–water partition coefficient (Wildman–Crippen LogP) is 2.15. The van der Waals surface area contributed by atoms with Gasteiger partial charge in [-0.15, -0.1) is 11.3 Å². The zero-order chi connectivity index (χ0) is 11.9. The van der Waals surface area contributed by atoms with Crippen molar-refractivity contribution in [3.8, 4) is 0 Å². The molecule has 0 bridgehead atoms. The predicted molar refractivity (Wildman–Crippen MR) is 71.7 cm³/mol. The molecule has 0 aromatic carbocycles. The minimum Gasteiger partial charge on any atom is -0.271 e. The van der Waals surface area contributed by atoms with Gasteiger partial charge in [0.05, 0.1) is 0 Å². The van der Waals surface area contributed by atoms with Crippen LogP contribution in [-0.4, -0.2) is 11.0 Å². The molecule has 0 amide bonds. The molecule has 3 N–H and O–H groups in total. The highest BCUT2D eigenvalue weighted by atomic mass is 32.1. The van der Waals surface area contributed by atoms with Crippen molar-refractivity contribution in [1.29, 1.82) is 0 Å². The van der Waals surface area contributed by atoms with Gasteiger partial charge >= 0.3 is 0 Å². The first kappa shape index (κ1) is 12.2. The summed E-state index contributed by atoms with van der Waals surface area (Å²) in [4.78, 5) is 5.49. The highest BCUT2D eigenvalue weighted by molar-refractivity contribution is 7.09. The van der Waals surface area contributed by atoms with E-state index in [-0.39, 0.29) is 0 Å². The summed E-state index contributed by atoms with van der Waals surface area (Å²) < 4.78 is 0. The Bertz CT molecular complexity index is 413. The summed E-state index contributed by atoms with van der Waals surface area (Å²) in [5.74, 6) is 5.59. The molecule has 0 aliphatic rings. The molecule has 1 unspecified atom stereocenters. The Kier molecular flexibility index (Phi) is 4.67. The lowest BCUT2D eigenvalue weighted by Crippen LogP contribution is -2.36. The summed E-state index contributed by atoms with van der Waals surface area (Å²) in [6, 6.07) is 8.63. The highest BCUT2D eigenvalue weighted by Gasteiger charge is 2.08. The fourth-order valence-electron chi connectivity index (χ4n) is 1.80. The van der Waals surface area contributed by atoms with Crippen LogP contribution >= 0.6 is 11.3 Å². The van der Waals surface area contributed by atoms with Gasteiger partial charge in [0.15, 0.2) is 0 Å². The van der Waals surface area contributed by atoms with Gasteiger partial charge in [0, 0.05) is 23.3 Å². The fourth-order valence-corrected chi connectivity index (χ4v) is 2.59. The Morgan fingerprint density at radius 1 is 1.35 bits per heavy atom. The third-order valence-corrected chi connectivity index (χ3v) is 3.67. The average molecular weight is 247 g/mol. The molecule has 90 valence electrons. The Labute approximate surface area is 106 Å². The monoisotopic (exact) mass is 247 g/mol. The first-order valence-corrected chi connectivity index (χ1v) is 6.64. The number of nitrogens with zero attached hydrogens (tertiary/aromatic N) is 1. The minimum atomic E-state index is 0.328. The lowest BCUT2D eigenvalue weighted by atomic mass is 10.0. The second kappa shape index (κ2) is 6.49. The summed E-state index contributed by atoms with van der Waals surface area (Å²) >= 11 is 1.78. The van der Waals surface area contributed by atoms with E-state index in [0.717, 1.165) is 19.3 Å². The molecule has 3 nitrogen and oxygen atoms in total. The lowest BCUT2D eigenvalue weighted by Gasteiger charge is -2.14. The number of hydrogen-bond acceptors (Lipinski definition) is 4. The van der Waals surface area contributed by atoms with Crippen LogP contribution in [0.1, 0.15) is 16.9 Å². The molecule has 0 fully saturated rings. The second-order valence-corrected chi connectivity index (χ2v) is 5.08. The second-order valence-electron chi connectivity index (χ2n) is 4.05. The topological polar surface area (TPSA) is 50.9 Å². The summed E-state index contributed by atoms with van der Waals surface area (Å²) in [6.07, 6.45) is 6.75. The summed E-state index contributed by atoms with van der Waals surface area (Å²) in [5.41, 5.74) is 4.16. The Balaban J connectivity index is 1.84. The maximum Gasteiger partial charge on any atom is 0.0299 e. The van der Waals surface area contributed by atoms with Crippen LogP contribution < -0.4 is 11.3 Å². The van der Waals surface area contributed by atoms with Crippen LogP contribution in [-0.2, 0) is 12.8 Å². The molecule has 0 aliphatic carbocycles. The smallest absolute Gasteiger partial charge is 0.0299 e. The normalized spacial score (nSPS) is 12.5. The van der Waals surface area contributed by atoms with E-state index in [2.05, 4.69) is 34.0 Å². The van der Waals surface area contributed by atoms with Crippen LogP contribution in [0, 0.1) is 0 Å². The van der Waals surface area contributed by atoms with Crippen molar-refractivity contribution in [3.05, 3.63) is 52.5 Å². The van der Waals surface area contributed by atoms with E-state index in [0.29, 0.717) is 6.04 Å². The first-order valence-electron chi connectivity index (χ1n) is 5.76. The van der Waals surface area contributed by atoms with Crippen molar-refractivity contribution in [2.24, 2.45) is 5.84 Å². The largest absolute Gasteiger partial charge is 0.271 e. The van der Waals surface area contributed by atoms with Crippen LogP contribution in [0.5, 0.6) is 0 Å². The van der Waals surface area contributed by atoms with E-state index in [4.69, 9.17) is 5.84 Å². The third kappa shape index (κ3) is 3.93. The molecule has 0 spiro atoms. The van der Waals surface area contributed by atoms with Gasteiger partial charge in [-0.05, 0) is 42.3 Å². The zero-order valence-electron chi connectivity index (χ0n) is 9.67. The molecule has 0 saturated carbocycles. The number of nitrogens with two attached hydrogens (primary N) is 1. The number of nitrogens with one attached hydrogen (secondary N) is 1. The molecule has 2 rings (SSSR count). The van der Waals surface area contributed by atoms with Crippen LogP contribution in [0.25, 0.3) is 0 Å². The SMILES string of the molecule is NNC(CCc1cccnc1)Cc1cccs1. The van der Waals surface area contributed by atoms with Gasteiger partial charge < -0.3 is 0 Å². The van der Waals surface area contributed by atoms with E-state index in [1.807, 2.05) is 12.3 Å². The van der Waals surface area contributed by atoms with Crippen LogP contribution in [0.4, 0.5) is 0 Å². The molecule has 2 heterocycles. The molecule has 4 heteroatoms. The van der Waals surface area contributed by atoms with E-state index in [9.17, 15) is 0 Å². The van der Waals surface area contributed by atoms with Crippen molar-refractivity contribution in [2.45, 2.75) is 25.3 Å². The Hall–Kier alpha value is -1.23. The molecule has 0 radical (unpaired) electrons. The zero-order valence-corrected chi connectivity index (χ0v) is 10.5. The quantitative estimate of drug-likeness (QED) is 0.607. The molecule has 2 aromatic heterocycles. The minimum absolute atomic E-state index is 0.328. The van der Waals surface area contributed by atoms with E-state index in [1.165, 1.54) is 10.4 Å². The highest BCUT2D eigenvalue weighted by Crippen LogP contribution is 2.13. The average Bonchev–Trinajstić information content (AvgIpc) is 2.88. The number of aryl methyl sites for hydroxylation is 1. The number of hydrazine groups is 1. The fraction of sp³-hybridized carbons (Fsp3) is 0.308. The van der Waals surface area contributed by atoms with Crippen LogP contribution in [0.3, 0.4) is 0 Å². The van der Waals surface area contributed by atoms with E-state index < -0.39 is 0 Å². The maximum atomic E-state index is 5.59. The van der Waals surface area contributed by atoms with Crippen LogP contribution in [0.15, 0.2) is 42.0 Å². The molecule has 17 heavy (non-hydrogen) atoms. The van der Waals surface area contributed by atoms with Crippen molar-refractivity contribution in [2.75, 3.05) is 0 Å². The summed E-state index contributed by atoms with van der Waals surface area (Å²) in [5, 5.41) is 2.10. The van der Waals surface area contributed by atoms with Gasteiger partial charge in [0.2, 0.25) is 0 Å².